The van der Waals surface area contributed by atoms with Gasteiger partial charge in [-0.15, -0.1) is 0 Å². The summed E-state index contributed by atoms with van der Waals surface area (Å²) < 4.78 is 27.8. The summed E-state index contributed by atoms with van der Waals surface area (Å²) >= 11 is 0. The zero-order chi connectivity index (χ0) is 20.9. The Morgan fingerprint density at radius 1 is 0.967 bits per heavy atom. The van der Waals surface area contributed by atoms with Crippen LogP contribution in [0.5, 0.6) is 0 Å². The molecule has 0 aliphatic carbocycles. The number of rotatable bonds is 3. The summed E-state index contributed by atoms with van der Waals surface area (Å²) in [5, 5.41) is 0.852. The van der Waals surface area contributed by atoms with Crippen molar-refractivity contribution in [3.63, 3.8) is 0 Å². The van der Waals surface area contributed by atoms with Crippen LogP contribution in [-0.2, 0) is 16.4 Å². The molecule has 1 fully saturated rings. The van der Waals surface area contributed by atoms with Crippen LogP contribution in [0.2, 0.25) is 0 Å². The number of hydrogen-bond donors (Lipinski definition) is 0. The molecule has 5 rings (SSSR count). The maximum atomic E-state index is 13.1. The Bertz CT molecular complexity index is 1200. The number of hydrogen-bond acceptors (Lipinski definition) is 4. The number of para-hydroxylation sites is 1. The van der Waals surface area contributed by atoms with Crippen LogP contribution in [0.4, 0.5) is 11.5 Å². The Balaban J connectivity index is 1.48. The van der Waals surface area contributed by atoms with E-state index in [4.69, 9.17) is 4.98 Å². The van der Waals surface area contributed by atoms with Crippen LogP contribution in [0.15, 0.2) is 59.5 Å². The van der Waals surface area contributed by atoms with Crippen LogP contribution in [0.1, 0.15) is 32.3 Å². The number of piperidine rings is 1. The molecule has 3 aromatic rings. The van der Waals surface area contributed by atoms with Crippen molar-refractivity contribution in [2.45, 2.75) is 44.0 Å². The molecule has 0 bridgehead atoms. The molecule has 1 atom stereocenters. The van der Waals surface area contributed by atoms with E-state index < -0.39 is 10.0 Å². The van der Waals surface area contributed by atoms with Gasteiger partial charge in [-0.3, -0.25) is 0 Å². The minimum absolute atomic E-state index is 0.341. The second-order valence-corrected chi connectivity index (χ2v) is 10.6. The summed E-state index contributed by atoms with van der Waals surface area (Å²) in [5.74, 6) is 1.49. The average molecular weight is 422 g/mol. The summed E-state index contributed by atoms with van der Waals surface area (Å²) in [6, 6.07) is 18.1. The maximum absolute atomic E-state index is 13.1. The first-order valence-electron chi connectivity index (χ1n) is 10.7. The largest absolute Gasteiger partial charge is 0.323 e. The second-order valence-electron chi connectivity index (χ2n) is 8.66. The first-order chi connectivity index (χ1) is 14.4. The SMILES string of the molecule is CC1CCN(S(=O)(=O)c2ccc3nc(N4c5ccccc5C[C@@H]4C)ccc3c2)CC1. The molecule has 6 heteroatoms. The lowest BCUT2D eigenvalue weighted by Gasteiger charge is -2.29. The molecule has 2 aliphatic rings. The number of nitrogens with zero attached hydrogens (tertiary/aromatic N) is 3. The quantitative estimate of drug-likeness (QED) is 0.613. The molecule has 30 heavy (non-hydrogen) atoms. The lowest BCUT2D eigenvalue weighted by atomic mass is 10.0. The molecule has 5 nitrogen and oxygen atoms in total. The van der Waals surface area contributed by atoms with Crippen LogP contribution in [-0.4, -0.2) is 36.8 Å². The normalized spacial score (nSPS) is 20.6. The third-order valence-electron chi connectivity index (χ3n) is 6.48. The minimum Gasteiger partial charge on any atom is -0.323 e. The van der Waals surface area contributed by atoms with E-state index in [1.54, 1.807) is 16.4 Å². The Hall–Kier alpha value is -2.44. The molecule has 0 spiro atoms. The van der Waals surface area contributed by atoms with Crippen LogP contribution < -0.4 is 4.90 Å². The molecular formula is C24H27N3O2S. The predicted molar refractivity (Wildman–Crippen MR) is 121 cm³/mol. The van der Waals surface area contributed by atoms with Gasteiger partial charge in [0, 0.05) is 30.2 Å². The van der Waals surface area contributed by atoms with E-state index in [9.17, 15) is 8.42 Å². The third-order valence-corrected chi connectivity index (χ3v) is 8.38. The van der Waals surface area contributed by atoms with Crippen LogP contribution in [0.3, 0.4) is 0 Å². The fraction of sp³-hybridized carbons (Fsp3) is 0.375. The maximum Gasteiger partial charge on any atom is 0.243 e. The van der Waals surface area contributed by atoms with Gasteiger partial charge in [0.05, 0.1) is 10.4 Å². The van der Waals surface area contributed by atoms with Gasteiger partial charge in [-0.2, -0.15) is 4.31 Å². The van der Waals surface area contributed by atoms with Gasteiger partial charge >= 0.3 is 0 Å². The number of pyridine rings is 1. The summed E-state index contributed by atoms with van der Waals surface area (Å²) in [6.07, 6.45) is 2.85. The molecule has 2 aromatic carbocycles. The number of sulfonamides is 1. The van der Waals surface area contributed by atoms with E-state index in [1.165, 1.54) is 11.3 Å². The van der Waals surface area contributed by atoms with Crippen molar-refractivity contribution < 1.29 is 8.42 Å². The van der Waals surface area contributed by atoms with Crippen LogP contribution in [0, 0.1) is 5.92 Å². The van der Waals surface area contributed by atoms with Crippen molar-refractivity contribution in [2.24, 2.45) is 5.92 Å². The smallest absolute Gasteiger partial charge is 0.243 e. The molecule has 1 aromatic heterocycles. The molecule has 3 heterocycles. The van der Waals surface area contributed by atoms with E-state index in [0.717, 1.165) is 36.0 Å². The number of anilines is 2. The zero-order valence-corrected chi connectivity index (χ0v) is 18.3. The van der Waals surface area contributed by atoms with Crippen LogP contribution in [0.25, 0.3) is 10.9 Å². The Morgan fingerprint density at radius 2 is 1.73 bits per heavy atom. The number of fused-ring (bicyclic) bond motifs is 2. The van der Waals surface area contributed by atoms with Crippen molar-refractivity contribution in [1.29, 1.82) is 0 Å². The predicted octanol–water partition coefficient (Wildman–Crippen LogP) is 4.74. The monoisotopic (exact) mass is 421 g/mol. The highest BCUT2D eigenvalue weighted by Crippen LogP contribution is 2.38. The van der Waals surface area contributed by atoms with E-state index in [2.05, 4.69) is 43.0 Å². The highest BCUT2D eigenvalue weighted by molar-refractivity contribution is 7.89. The van der Waals surface area contributed by atoms with E-state index in [1.807, 2.05) is 18.2 Å². The van der Waals surface area contributed by atoms with Gasteiger partial charge in [0.25, 0.3) is 0 Å². The summed E-state index contributed by atoms with van der Waals surface area (Å²) in [4.78, 5) is 7.50. The van der Waals surface area contributed by atoms with Crippen molar-refractivity contribution in [3.8, 4) is 0 Å². The van der Waals surface area contributed by atoms with Crippen molar-refractivity contribution in [1.82, 2.24) is 9.29 Å². The van der Waals surface area contributed by atoms with Gasteiger partial charge in [-0.05, 0) is 74.1 Å². The van der Waals surface area contributed by atoms with Gasteiger partial charge in [-0.1, -0.05) is 25.1 Å². The fourth-order valence-corrected chi connectivity index (χ4v) is 6.18. The Morgan fingerprint density at radius 3 is 2.53 bits per heavy atom. The Kier molecular flexibility index (Phi) is 4.79. The van der Waals surface area contributed by atoms with E-state index in [0.29, 0.717) is 29.9 Å². The summed E-state index contributed by atoms with van der Waals surface area (Å²) in [6.45, 7) is 5.60. The molecule has 0 amide bonds. The molecule has 156 valence electrons. The van der Waals surface area contributed by atoms with Gasteiger partial charge in [-0.25, -0.2) is 13.4 Å². The molecule has 0 saturated carbocycles. The number of aromatic nitrogens is 1. The second kappa shape index (κ2) is 7.36. The van der Waals surface area contributed by atoms with Gasteiger partial charge < -0.3 is 4.90 Å². The lowest BCUT2D eigenvalue weighted by molar-refractivity contribution is 0.288. The molecule has 0 unspecified atom stereocenters. The minimum atomic E-state index is -3.46. The molecule has 0 radical (unpaired) electrons. The highest BCUT2D eigenvalue weighted by atomic mass is 32.2. The van der Waals surface area contributed by atoms with Crippen LogP contribution >= 0.6 is 0 Å². The molecular weight excluding hydrogens is 394 g/mol. The Labute approximate surface area is 178 Å². The summed E-state index contributed by atoms with van der Waals surface area (Å²) in [7, 11) is -3.46. The average Bonchev–Trinajstić information content (AvgIpc) is 3.09. The third kappa shape index (κ3) is 3.28. The van der Waals surface area contributed by atoms with E-state index in [-0.39, 0.29) is 0 Å². The molecule has 0 N–H and O–H groups in total. The molecule has 2 aliphatic heterocycles. The number of benzene rings is 2. The zero-order valence-electron chi connectivity index (χ0n) is 17.5. The highest BCUT2D eigenvalue weighted by Gasteiger charge is 2.29. The van der Waals surface area contributed by atoms with Crippen molar-refractivity contribution >= 4 is 32.4 Å². The topological polar surface area (TPSA) is 53.5 Å². The van der Waals surface area contributed by atoms with Crippen molar-refractivity contribution in [2.75, 3.05) is 18.0 Å². The molecule has 1 saturated heterocycles. The van der Waals surface area contributed by atoms with Gasteiger partial charge in [0.15, 0.2) is 0 Å². The van der Waals surface area contributed by atoms with Gasteiger partial charge in [0.2, 0.25) is 10.0 Å². The summed E-state index contributed by atoms with van der Waals surface area (Å²) in [5.41, 5.74) is 3.36. The first-order valence-corrected chi connectivity index (χ1v) is 12.2. The van der Waals surface area contributed by atoms with Gasteiger partial charge in [0.1, 0.15) is 5.82 Å². The lowest BCUT2D eigenvalue weighted by Crippen LogP contribution is -2.37. The standard InChI is InChI=1S/C24H27N3O2S/c1-17-11-13-26(14-12-17)30(28,29)21-8-9-22-19(16-21)7-10-24(25-22)27-18(2)15-20-5-3-4-6-23(20)27/h3-10,16-18H,11-15H2,1-2H3/t18-/m0/s1. The van der Waals surface area contributed by atoms with E-state index >= 15 is 0 Å². The van der Waals surface area contributed by atoms with Crippen molar-refractivity contribution in [3.05, 3.63) is 60.2 Å². The fourth-order valence-electron chi connectivity index (χ4n) is 4.68. The first kappa shape index (κ1) is 19.5.